The molecule has 0 saturated heterocycles. The number of benzene rings is 1. The molecule has 116 valence electrons. The zero-order valence-electron chi connectivity index (χ0n) is 11.0. The molecule has 1 aromatic carbocycles. The molecule has 0 aromatic heterocycles. The first kappa shape index (κ1) is 17.7. The molecule has 0 aliphatic heterocycles. The summed E-state index contributed by atoms with van der Waals surface area (Å²) in [6.07, 6.45) is 0.132. The SMILES string of the molecule is CNC(=O)CCCS(=O)(=O)c1cc(Cl)cc(C(=O)O)c1Cl. The Hall–Kier alpha value is -1.31. The van der Waals surface area contributed by atoms with Crippen LogP contribution in [0, 0.1) is 0 Å². The normalized spacial score (nSPS) is 11.2. The Labute approximate surface area is 132 Å². The summed E-state index contributed by atoms with van der Waals surface area (Å²) in [6, 6.07) is 2.18. The van der Waals surface area contributed by atoms with E-state index in [0.717, 1.165) is 12.1 Å². The Morgan fingerprint density at radius 1 is 1.29 bits per heavy atom. The van der Waals surface area contributed by atoms with Crippen LogP contribution in [-0.2, 0) is 14.6 Å². The van der Waals surface area contributed by atoms with Crippen LogP contribution in [0.25, 0.3) is 0 Å². The minimum atomic E-state index is -3.83. The van der Waals surface area contributed by atoms with Gasteiger partial charge < -0.3 is 10.4 Å². The molecule has 0 unspecified atom stereocenters. The first-order valence-corrected chi connectivity index (χ1v) is 8.25. The summed E-state index contributed by atoms with van der Waals surface area (Å²) in [6.45, 7) is 0. The highest BCUT2D eigenvalue weighted by Gasteiger charge is 2.23. The highest BCUT2D eigenvalue weighted by atomic mass is 35.5. The summed E-state index contributed by atoms with van der Waals surface area (Å²) >= 11 is 11.6. The zero-order valence-corrected chi connectivity index (χ0v) is 13.3. The number of halogens is 2. The van der Waals surface area contributed by atoms with E-state index in [1.165, 1.54) is 7.05 Å². The second-order valence-electron chi connectivity index (χ2n) is 4.17. The number of carboxylic acids is 1. The van der Waals surface area contributed by atoms with Crippen molar-refractivity contribution in [3.05, 3.63) is 27.7 Å². The van der Waals surface area contributed by atoms with Crippen LogP contribution in [0.1, 0.15) is 23.2 Å². The van der Waals surface area contributed by atoms with E-state index < -0.39 is 15.8 Å². The molecule has 6 nitrogen and oxygen atoms in total. The molecule has 21 heavy (non-hydrogen) atoms. The van der Waals surface area contributed by atoms with Crippen molar-refractivity contribution in [3.63, 3.8) is 0 Å². The van der Waals surface area contributed by atoms with Crippen LogP contribution in [0.3, 0.4) is 0 Å². The third kappa shape index (κ3) is 4.59. The number of amides is 1. The van der Waals surface area contributed by atoms with Crippen LogP contribution in [0.2, 0.25) is 10.0 Å². The third-order valence-electron chi connectivity index (χ3n) is 2.67. The van der Waals surface area contributed by atoms with Gasteiger partial charge in [0, 0.05) is 18.5 Å². The maximum Gasteiger partial charge on any atom is 0.337 e. The first-order chi connectivity index (χ1) is 9.69. The van der Waals surface area contributed by atoms with Crippen LogP contribution in [-0.4, -0.2) is 38.2 Å². The summed E-state index contributed by atoms with van der Waals surface area (Å²) in [5.74, 6) is -1.99. The lowest BCUT2D eigenvalue weighted by molar-refractivity contribution is -0.120. The fourth-order valence-corrected chi connectivity index (χ4v) is 3.86. The fraction of sp³-hybridized carbons (Fsp3) is 0.333. The Bertz CT molecular complexity index is 672. The zero-order chi connectivity index (χ0) is 16.2. The van der Waals surface area contributed by atoms with Crippen molar-refractivity contribution < 1.29 is 23.1 Å². The number of sulfone groups is 1. The van der Waals surface area contributed by atoms with Crippen LogP contribution in [0.4, 0.5) is 0 Å². The largest absolute Gasteiger partial charge is 0.478 e. The minimum Gasteiger partial charge on any atom is -0.478 e. The van der Waals surface area contributed by atoms with Gasteiger partial charge in [0.2, 0.25) is 5.91 Å². The summed E-state index contributed by atoms with van der Waals surface area (Å²) in [4.78, 5) is 21.7. The Kier molecular flexibility index (Phi) is 6.00. The van der Waals surface area contributed by atoms with Crippen molar-refractivity contribution in [3.8, 4) is 0 Å². The second-order valence-corrected chi connectivity index (χ2v) is 7.06. The number of carbonyl (C=O) groups is 2. The average Bonchev–Trinajstić information content (AvgIpc) is 2.40. The molecule has 2 N–H and O–H groups in total. The number of aromatic carboxylic acids is 1. The molecule has 0 atom stereocenters. The lowest BCUT2D eigenvalue weighted by atomic mass is 10.2. The van der Waals surface area contributed by atoms with Gasteiger partial charge in [-0.3, -0.25) is 4.79 Å². The first-order valence-electron chi connectivity index (χ1n) is 5.84. The number of carbonyl (C=O) groups excluding carboxylic acids is 1. The fourth-order valence-electron chi connectivity index (χ4n) is 1.60. The molecule has 0 saturated carbocycles. The van der Waals surface area contributed by atoms with E-state index in [1.54, 1.807) is 0 Å². The van der Waals surface area contributed by atoms with E-state index in [-0.39, 0.29) is 45.0 Å². The maximum absolute atomic E-state index is 12.2. The highest BCUT2D eigenvalue weighted by Crippen LogP contribution is 2.30. The molecular formula is C12H13Cl2NO5S. The van der Waals surface area contributed by atoms with Crippen molar-refractivity contribution in [2.75, 3.05) is 12.8 Å². The van der Waals surface area contributed by atoms with Gasteiger partial charge in [-0.1, -0.05) is 23.2 Å². The van der Waals surface area contributed by atoms with Crippen LogP contribution in [0.5, 0.6) is 0 Å². The lowest BCUT2D eigenvalue weighted by Gasteiger charge is -2.09. The summed E-state index contributed by atoms with van der Waals surface area (Å²) < 4.78 is 24.4. The Balaban J connectivity index is 3.08. The summed E-state index contributed by atoms with van der Waals surface area (Å²) in [5, 5.41) is 10.9. The van der Waals surface area contributed by atoms with Gasteiger partial charge >= 0.3 is 5.97 Å². The molecule has 0 radical (unpaired) electrons. The molecule has 0 fully saturated rings. The molecule has 9 heteroatoms. The smallest absolute Gasteiger partial charge is 0.337 e. The summed E-state index contributed by atoms with van der Waals surface area (Å²) in [7, 11) is -2.38. The predicted octanol–water partition coefficient (Wildman–Crippen LogP) is 1.99. The van der Waals surface area contributed by atoms with Gasteiger partial charge in [-0.05, 0) is 18.6 Å². The quantitative estimate of drug-likeness (QED) is 0.814. The van der Waals surface area contributed by atoms with Gasteiger partial charge in [0.15, 0.2) is 9.84 Å². The van der Waals surface area contributed by atoms with Crippen molar-refractivity contribution >= 4 is 44.9 Å². The molecule has 0 aliphatic carbocycles. The molecule has 1 amide bonds. The minimum absolute atomic E-state index is 0.0401. The van der Waals surface area contributed by atoms with Gasteiger partial charge in [-0.15, -0.1) is 0 Å². The molecule has 1 aromatic rings. The maximum atomic E-state index is 12.2. The van der Waals surface area contributed by atoms with E-state index in [1.807, 2.05) is 0 Å². The van der Waals surface area contributed by atoms with Gasteiger partial charge in [-0.25, -0.2) is 13.2 Å². The van der Waals surface area contributed by atoms with Crippen molar-refractivity contribution in [1.82, 2.24) is 5.32 Å². The Morgan fingerprint density at radius 2 is 1.90 bits per heavy atom. The van der Waals surface area contributed by atoms with Gasteiger partial charge in [-0.2, -0.15) is 0 Å². The molecule has 0 bridgehead atoms. The van der Waals surface area contributed by atoms with Crippen LogP contribution >= 0.6 is 23.2 Å². The van der Waals surface area contributed by atoms with E-state index in [9.17, 15) is 18.0 Å². The Morgan fingerprint density at radius 3 is 2.43 bits per heavy atom. The predicted molar refractivity (Wildman–Crippen MR) is 78.8 cm³/mol. The van der Waals surface area contributed by atoms with Gasteiger partial charge in [0.25, 0.3) is 0 Å². The molecule has 0 heterocycles. The highest BCUT2D eigenvalue weighted by molar-refractivity contribution is 7.91. The van der Waals surface area contributed by atoms with Crippen molar-refractivity contribution in [1.29, 1.82) is 0 Å². The third-order valence-corrected chi connectivity index (χ3v) is 5.22. The number of nitrogens with one attached hydrogen (secondary N) is 1. The van der Waals surface area contributed by atoms with Gasteiger partial charge in [0.05, 0.1) is 21.2 Å². The van der Waals surface area contributed by atoms with E-state index in [2.05, 4.69) is 5.32 Å². The lowest BCUT2D eigenvalue weighted by Crippen LogP contribution is -2.19. The number of carboxylic acid groups (broad SMARTS) is 1. The number of hydrogen-bond acceptors (Lipinski definition) is 4. The monoisotopic (exact) mass is 353 g/mol. The van der Waals surface area contributed by atoms with E-state index in [0.29, 0.717) is 0 Å². The summed E-state index contributed by atoms with van der Waals surface area (Å²) in [5.41, 5.74) is -0.381. The van der Waals surface area contributed by atoms with Gasteiger partial charge in [0.1, 0.15) is 0 Å². The van der Waals surface area contributed by atoms with Crippen molar-refractivity contribution in [2.24, 2.45) is 0 Å². The number of hydrogen-bond donors (Lipinski definition) is 2. The molecule has 1 rings (SSSR count). The topological polar surface area (TPSA) is 101 Å². The van der Waals surface area contributed by atoms with E-state index >= 15 is 0 Å². The molecular weight excluding hydrogens is 341 g/mol. The standard InChI is InChI=1S/C12H13Cl2NO5S/c1-15-10(16)3-2-4-21(19,20)9-6-7(13)5-8(11(9)14)12(17)18/h5-6H,2-4H2,1H3,(H,15,16)(H,17,18). The number of rotatable bonds is 6. The van der Waals surface area contributed by atoms with Crippen molar-refractivity contribution in [2.45, 2.75) is 17.7 Å². The molecule has 0 spiro atoms. The average molecular weight is 354 g/mol. The van der Waals surface area contributed by atoms with E-state index in [4.69, 9.17) is 28.3 Å². The molecule has 0 aliphatic rings. The van der Waals surface area contributed by atoms with Crippen LogP contribution in [0.15, 0.2) is 17.0 Å². The second kappa shape index (κ2) is 7.11. The van der Waals surface area contributed by atoms with Crippen LogP contribution < -0.4 is 5.32 Å².